The van der Waals surface area contributed by atoms with Crippen LogP contribution < -0.4 is 11.1 Å². The Morgan fingerprint density at radius 2 is 2.04 bits per heavy atom. The van der Waals surface area contributed by atoms with E-state index < -0.39 is 32.7 Å². The monoisotopic (exact) mass is 346 g/mol. The zero-order valence-corrected chi connectivity index (χ0v) is 12.1. The number of nitro benzene ring substituents is 1. The summed E-state index contributed by atoms with van der Waals surface area (Å²) in [4.78, 5) is 24.5. The number of nitrogen functional groups attached to an aromatic ring is 1. The van der Waals surface area contributed by atoms with Crippen molar-refractivity contribution in [2.24, 2.45) is 0 Å². The van der Waals surface area contributed by atoms with Gasteiger partial charge in [-0.15, -0.1) is 0 Å². The Balaban J connectivity index is 2.20. The number of carbonyl (C=O) groups is 1. The second kappa shape index (κ2) is 6.20. The summed E-state index contributed by atoms with van der Waals surface area (Å²) in [6.45, 7) is -0.301. The molecule has 0 bridgehead atoms. The quantitative estimate of drug-likeness (QED) is 0.653. The maximum atomic E-state index is 12.8. The number of anilines is 1. The molecule has 7 nitrogen and oxygen atoms in total. The Morgan fingerprint density at radius 1 is 1.39 bits per heavy atom. The molecule has 2 aromatic rings. The average Bonchev–Trinajstić information content (AvgIpc) is 2.87. The normalized spacial score (nSPS) is 11.3. The van der Waals surface area contributed by atoms with E-state index in [1.54, 1.807) is 0 Å². The van der Waals surface area contributed by atoms with Crippen molar-refractivity contribution in [2.75, 3.05) is 5.73 Å². The number of nitrogens with two attached hydrogens (primary N) is 1. The number of hydrogen-bond acceptors (Lipinski definition) is 6. The van der Waals surface area contributed by atoms with Gasteiger partial charge in [0.25, 0.3) is 11.6 Å². The highest BCUT2D eigenvalue weighted by atomic mass is 32.1. The minimum Gasteiger partial charge on any atom is -0.375 e. The van der Waals surface area contributed by atoms with Gasteiger partial charge >= 0.3 is 6.18 Å². The Labute approximate surface area is 131 Å². The second-order valence-corrected chi connectivity index (χ2v) is 5.33. The number of nitrogens with one attached hydrogen (secondary N) is 1. The summed E-state index contributed by atoms with van der Waals surface area (Å²) in [5, 5.41) is 12.7. The lowest BCUT2D eigenvalue weighted by molar-refractivity contribution is -0.385. The molecule has 1 aromatic carbocycles. The zero-order chi connectivity index (χ0) is 17.2. The van der Waals surface area contributed by atoms with Crippen LogP contribution in [-0.4, -0.2) is 15.8 Å². The Hall–Kier alpha value is -2.69. The smallest absolute Gasteiger partial charge is 0.375 e. The third-order valence-corrected chi connectivity index (χ3v) is 3.63. The molecule has 0 aliphatic rings. The first kappa shape index (κ1) is 16.7. The molecular weight excluding hydrogens is 337 g/mol. The lowest BCUT2D eigenvalue weighted by Gasteiger charge is -2.07. The predicted molar refractivity (Wildman–Crippen MR) is 75.8 cm³/mol. The van der Waals surface area contributed by atoms with Gasteiger partial charge in [-0.05, 0) is 0 Å². The highest BCUT2D eigenvalue weighted by Crippen LogP contribution is 2.35. The summed E-state index contributed by atoms with van der Waals surface area (Å²) in [6, 6.07) is 5.58. The zero-order valence-electron chi connectivity index (χ0n) is 11.3. The van der Waals surface area contributed by atoms with Gasteiger partial charge in [0.15, 0.2) is 10.8 Å². The van der Waals surface area contributed by atoms with E-state index in [4.69, 9.17) is 5.73 Å². The van der Waals surface area contributed by atoms with Crippen molar-refractivity contribution < 1.29 is 22.9 Å². The molecule has 0 saturated carbocycles. The fourth-order valence-corrected chi connectivity index (χ4v) is 2.55. The number of halogens is 3. The minimum absolute atomic E-state index is 0.164. The summed E-state index contributed by atoms with van der Waals surface area (Å²) >= 11 is 0.396. The third-order valence-electron chi connectivity index (χ3n) is 2.75. The molecule has 0 radical (unpaired) electrons. The molecule has 0 spiro atoms. The van der Waals surface area contributed by atoms with Crippen LogP contribution in [0.25, 0.3) is 0 Å². The predicted octanol–water partition coefficient (Wildman–Crippen LogP) is 2.58. The maximum Gasteiger partial charge on any atom is 0.435 e. The fraction of sp³-hybridized carbons (Fsp3) is 0.167. The first-order valence-electron chi connectivity index (χ1n) is 6.04. The molecule has 1 aromatic heterocycles. The SMILES string of the molecule is Nc1nc(C(F)(F)F)c(C(=O)NCc2ccccc2[N+](=O)[O-])s1. The van der Waals surface area contributed by atoms with Gasteiger partial charge in [-0.25, -0.2) is 4.98 Å². The highest BCUT2D eigenvalue weighted by molar-refractivity contribution is 7.17. The van der Waals surface area contributed by atoms with Gasteiger partial charge in [0.1, 0.15) is 4.88 Å². The molecule has 0 aliphatic heterocycles. The van der Waals surface area contributed by atoms with E-state index >= 15 is 0 Å². The number of hydrogen-bond donors (Lipinski definition) is 2. The number of thiazole rings is 1. The van der Waals surface area contributed by atoms with Crippen LogP contribution in [0.15, 0.2) is 24.3 Å². The van der Waals surface area contributed by atoms with Crippen LogP contribution in [0.2, 0.25) is 0 Å². The lowest BCUT2D eigenvalue weighted by Crippen LogP contribution is -2.25. The van der Waals surface area contributed by atoms with Crippen molar-refractivity contribution in [1.82, 2.24) is 10.3 Å². The average molecular weight is 346 g/mol. The number of nitrogens with zero attached hydrogens (tertiary/aromatic N) is 2. The molecule has 3 N–H and O–H groups in total. The largest absolute Gasteiger partial charge is 0.435 e. The molecule has 0 fully saturated rings. The topological polar surface area (TPSA) is 111 Å². The molecule has 0 aliphatic carbocycles. The van der Waals surface area contributed by atoms with Crippen molar-refractivity contribution in [3.8, 4) is 0 Å². The number of carbonyl (C=O) groups excluding carboxylic acids is 1. The number of amides is 1. The minimum atomic E-state index is -4.82. The summed E-state index contributed by atoms with van der Waals surface area (Å²) in [5.74, 6) is -1.05. The van der Waals surface area contributed by atoms with Crippen molar-refractivity contribution in [3.63, 3.8) is 0 Å². The van der Waals surface area contributed by atoms with Gasteiger partial charge in [-0.2, -0.15) is 13.2 Å². The second-order valence-electron chi connectivity index (χ2n) is 4.30. The first-order valence-corrected chi connectivity index (χ1v) is 6.85. The number of alkyl halides is 3. The van der Waals surface area contributed by atoms with Gasteiger partial charge in [0, 0.05) is 18.2 Å². The van der Waals surface area contributed by atoms with Gasteiger partial charge in [0.05, 0.1) is 4.92 Å². The van der Waals surface area contributed by atoms with E-state index in [0.717, 1.165) is 0 Å². The van der Waals surface area contributed by atoms with Gasteiger partial charge in [-0.3, -0.25) is 14.9 Å². The molecule has 0 atom stereocenters. The number of para-hydroxylation sites is 1. The molecule has 122 valence electrons. The number of rotatable bonds is 4. The molecular formula is C12H9F3N4O3S. The van der Waals surface area contributed by atoms with Gasteiger partial charge < -0.3 is 11.1 Å². The molecule has 1 heterocycles. The maximum absolute atomic E-state index is 12.8. The number of nitro groups is 1. The van der Waals surface area contributed by atoms with Crippen LogP contribution in [0.4, 0.5) is 24.0 Å². The van der Waals surface area contributed by atoms with Crippen LogP contribution in [0.3, 0.4) is 0 Å². The van der Waals surface area contributed by atoms with Crippen LogP contribution >= 0.6 is 11.3 Å². The van der Waals surface area contributed by atoms with E-state index in [-0.39, 0.29) is 17.8 Å². The summed E-state index contributed by atoms with van der Waals surface area (Å²) in [5.41, 5.74) is 3.77. The van der Waals surface area contributed by atoms with E-state index in [1.807, 2.05) is 0 Å². The molecule has 1 amide bonds. The van der Waals surface area contributed by atoms with E-state index in [1.165, 1.54) is 24.3 Å². The molecule has 11 heteroatoms. The van der Waals surface area contributed by atoms with E-state index in [2.05, 4.69) is 10.3 Å². The van der Waals surface area contributed by atoms with Gasteiger partial charge in [0.2, 0.25) is 0 Å². The van der Waals surface area contributed by atoms with Crippen molar-refractivity contribution in [3.05, 3.63) is 50.5 Å². The Morgan fingerprint density at radius 3 is 2.65 bits per heavy atom. The van der Waals surface area contributed by atoms with Crippen LogP contribution in [-0.2, 0) is 12.7 Å². The summed E-state index contributed by atoms with van der Waals surface area (Å²) in [7, 11) is 0. The van der Waals surface area contributed by atoms with Crippen molar-refractivity contribution in [2.45, 2.75) is 12.7 Å². The van der Waals surface area contributed by atoms with Crippen LogP contribution in [0.1, 0.15) is 20.9 Å². The first-order chi connectivity index (χ1) is 10.7. The lowest BCUT2D eigenvalue weighted by atomic mass is 10.2. The van der Waals surface area contributed by atoms with Gasteiger partial charge in [-0.1, -0.05) is 29.5 Å². The Kier molecular flexibility index (Phi) is 4.50. The van der Waals surface area contributed by atoms with E-state index in [0.29, 0.717) is 11.3 Å². The standard InChI is InChI=1S/C12H9F3N4O3S/c13-12(14,15)9-8(23-11(16)18-9)10(20)17-5-6-3-1-2-4-7(6)19(21)22/h1-4H,5H2,(H2,16,18)(H,17,20). The van der Waals surface area contributed by atoms with Crippen molar-refractivity contribution in [1.29, 1.82) is 0 Å². The Bertz CT molecular complexity index is 760. The number of benzene rings is 1. The molecule has 2 rings (SSSR count). The highest BCUT2D eigenvalue weighted by Gasteiger charge is 2.39. The molecule has 0 saturated heterocycles. The van der Waals surface area contributed by atoms with Crippen LogP contribution in [0, 0.1) is 10.1 Å². The molecule has 23 heavy (non-hydrogen) atoms. The van der Waals surface area contributed by atoms with Crippen molar-refractivity contribution >= 4 is 28.1 Å². The van der Waals surface area contributed by atoms with E-state index in [9.17, 15) is 28.1 Å². The third kappa shape index (κ3) is 3.74. The summed E-state index contributed by atoms with van der Waals surface area (Å²) < 4.78 is 38.3. The molecule has 0 unspecified atom stereocenters. The fourth-order valence-electron chi connectivity index (χ4n) is 1.78. The number of aromatic nitrogens is 1. The van der Waals surface area contributed by atoms with Crippen LogP contribution in [0.5, 0.6) is 0 Å². The summed E-state index contributed by atoms with van der Waals surface area (Å²) in [6.07, 6.45) is -4.82.